The SMILES string of the molecule is CP(=O)(CCc1cc(Cl)c(C(=O)N[C@@H](CNC(=O)N2CC[C@H](O)C2)C(=O)O)c(Cl)c1)c1cccc(O)c1. The van der Waals surface area contributed by atoms with E-state index in [1.807, 2.05) is 0 Å². The van der Waals surface area contributed by atoms with Crippen LogP contribution in [-0.2, 0) is 15.8 Å². The molecule has 37 heavy (non-hydrogen) atoms. The van der Waals surface area contributed by atoms with Crippen molar-refractivity contribution in [1.29, 1.82) is 0 Å². The van der Waals surface area contributed by atoms with Crippen molar-refractivity contribution in [2.75, 3.05) is 32.5 Å². The van der Waals surface area contributed by atoms with Gasteiger partial charge in [-0.05, 0) is 49.3 Å². The van der Waals surface area contributed by atoms with Gasteiger partial charge in [-0.1, -0.05) is 35.3 Å². The molecule has 3 atom stereocenters. The van der Waals surface area contributed by atoms with Crippen molar-refractivity contribution in [3.05, 3.63) is 57.6 Å². The minimum absolute atomic E-state index is 0.0116. The van der Waals surface area contributed by atoms with E-state index >= 15 is 0 Å². The number of hydrogen-bond acceptors (Lipinski definition) is 6. The van der Waals surface area contributed by atoms with Gasteiger partial charge in [0, 0.05) is 24.6 Å². The first-order valence-electron chi connectivity index (χ1n) is 11.5. The molecule has 200 valence electrons. The summed E-state index contributed by atoms with van der Waals surface area (Å²) in [6.45, 7) is 1.72. The van der Waals surface area contributed by atoms with E-state index in [9.17, 15) is 34.3 Å². The lowest BCUT2D eigenvalue weighted by Crippen LogP contribution is -2.50. The van der Waals surface area contributed by atoms with Gasteiger partial charge in [-0.15, -0.1) is 0 Å². The largest absolute Gasteiger partial charge is 0.508 e. The highest BCUT2D eigenvalue weighted by molar-refractivity contribution is 7.70. The second kappa shape index (κ2) is 12.2. The van der Waals surface area contributed by atoms with Gasteiger partial charge in [0.05, 0.1) is 28.3 Å². The number of benzene rings is 2. The molecule has 1 saturated heterocycles. The van der Waals surface area contributed by atoms with Crippen molar-refractivity contribution in [3.8, 4) is 5.75 Å². The van der Waals surface area contributed by atoms with Gasteiger partial charge in [-0.25, -0.2) is 9.59 Å². The Balaban J connectivity index is 1.64. The molecule has 0 aliphatic carbocycles. The molecule has 0 spiro atoms. The molecule has 13 heteroatoms. The molecule has 1 unspecified atom stereocenters. The zero-order valence-electron chi connectivity index (χ0n) is 20.0. The molecular weight excluding hydrogens is 544 g/mol. The predicted octanol–water partition coefficient (Wildman–Crippen LogP) is 2.52. The number of phenols is 1. The Morgan fingerprint density at radius 2 is 1.86 bits per heavy atom. The van der Waals surface area contributed by atoms with Gasteiger partial charge < -0.3 is 35.4 Å². The van der Waals surface area contributed by atoms with Crippen molar-refractivity contribution >= 4 is 53.6 Å². The van der Waals surface area contributed by atoms with Crippen LogP contribution < -0.4 is 15.9 Å². The molecule has 1 aliphatic heterocycles. The first-order chi connectivity index (χ1) is 17.4. The lowest BCUT2D eigenvalue weighted by molar-refractivity contribution is -0.139. The normalized spacial score (nSPS) is 17.6. The Morgan fingerprint density at radius 3 is 2.43 bits per heavy atom. The molecule has 1 fully saturated rings. The maximum atomic E-state index is 13.1. The maximum absolute atomic E-state index is 13.1. The van der Waals surface area contributed by atoms with Crippen molar-refractivity contribution in [2.45, 2.75) is 25.0 Å². The molecule has 2 aromatic rings. The van der Waals surface area contributed by atoms with E-state index in [4.69, 9.17) is 23.2 Å². The third-order valence-corrected chi connectivity index (χ3v) is 9.09. The van der Waals surface area contributed by atoms with E-state index < -0.39 is 37.2 Å². The number of amides is 3. The molecule has 0 aromatic heterocycles. The number of aliphatic hydroxyl groups is 1. The Morgan fingerprint density at radius 1 is 1.19 bits per heavy atom. The zero-order valence-corrected chi connectivity index (χ0v) is 22.4. The Kier molecular flexibility index (Phi) is 9.47. The highest BCUT2D eigenvalue weighted by atomic mass is 35.5. The van der Waals surface area contributed by atoms with Crippen LogP contribution in [0.5, 0.6) is 5.75 Å². The summed E-state index contributed by atoms with van der Waals surface area (Å²) >= 11 is 12.6. The lowest BCUT2D eigenvalue weighted by Gasteiger charge is -2.20. The van der Waals surface area contributed by atoms with E-state index in [1.165, 1.54) is 29.2 Å². The summed E-state index contributed by atoms with van der Waals surface area (Å²) in [6, 6.07) is 7.26. The maximum Gasteiger partial charge on any atom is 0.328 e. The molecule has 0 saturated carbocycles. The standard InChI is InChI=1S/C24H28Cl2N3O7P/c1-37(36,17-4-2-3-15(30)11-17)8-6-14-9-18(25)21(19(26)10-14)22(32)28-20(23(33)34)12-27-24(35)29-7-5-16(31)13-29/h2-4,9-11,16,20,30-31H,5-8,12-13H2,1H3,(H,27,35)(H,28,32)(H,33,34)/t16-,20-,37?/m0/s1. The number of aromatic hydroxyl groups is 1. The average Bonchev–Trinajstić information content (AvgIpc) is 3.26. The summed E-state index contributed by atoms with van der Waals surface area (Å²) < 4.78 is 13.1. The van der Waals surface area contributed by atoms with Gasteiger partial charge in [0.1, 0.15) is 18.9 Å². The number of carboxylic acids is 1. The van der Waals surface area contributed by atoms with E-state index in [0.29, 0.717) is 30.3 Å². The van der Waals surface area contributed by atoms with E-state index in [1.54, 1.807) is 18.8 Å². The summed E-state index contributed by atoms with van der Waals surface area (Å²) in [5, 5.41) is 34.0. The molecule has 3 amide bonds. The number of nitrogens with one attached hydrogen (secondary N) is 2. The second-order valence-corrected chi connectivity index (χ2v) is 12.9. The Hall–Kier alpha value is -2.78. The highest BCUT2D eigenvalue weighted by Crippen LogP contribution is 2.41. The molecule has 0 radical (unpaired) electrons. The quantitative estimate of drug-likeness (QED) is 0.289. The molecule has 1 aliphatic rings. The first kappa shape index (κ1) is 28.8. The molecule has 2 aromatic carbocycles. The fraction of sp³-hybridized carbons (Fsp3) is 0.375. The third kappa shape index (κ3) is 7.61. The molecular formula is C24H28Cl2N3O7P. The Bertz CT molecular complexity index is 1220. The number of halogens is 2. The van der Waals surface area contributed by atoms with Crippen LogP contribution in [0.1, 0.15) is 22.3 Å². The van der Waals surface area contributed by atoms with Crippen LogP contribution in [0.3, 0.4) is 0 Å². The number of carbonyl (C=O) groups excluding carboxylic acids is 2. The topological polar surface area (TPSA) is 156 Å². The van der Waals surface area contributed by atoms with Gasteiger partial charge in [0.25, 0.3) is 5.91 Å². The van der Waals surface area contributed by atoms with Gasteiger partial charge in [-0.3, -0.25) is 4.79 Å². The lowest BCUT2D eigenvalue weighted by atomic mass is 10.1. The number of nitrogens with zero attached hydrogens (tertiary/aromatic N) is 1. The van der Waals surface area contributed by atoms with Gasteiger partial charge >= 0.3 is 12.0 Å². The van der Waals surface area contributed by atoms with Crippen LogP contribution in [0.4, 0.5) is 4.79 Å². The number of urea groups is 1. The minimum atomic E-state index is -2.80. The van der Waals surface area contributed by atoms with Crippen molar-refractivity contribution in [2.24, 2.45) is 0 Å². The van der Waals surface area contributed by atoms with Crippen molar-refractivity contribution < 1.29 is 34.3 Å². The summed E-state index contributed by atoms with van der Waals surface area (Å²) in [7, 11) is -2.80. The summed E-state index contributed by atoms with van der Waals surface area (Å²) in [4.78, 5) is 38.0. The van der Waals surface area contributed by atoms with Gasteiger partial charge in [-0.2, -0.15) is 0 Å². The molecule has 5 N–H and O–H groups in total. The van der Waals surface area contributed by atoms with Crippen LogP contribution >= 0.6 is 30.3 Å². The van der Waals surface area contributed by atoms with Gasteiger partial charge in [0.2, 0.25) is 0 Å². The number of carbonyl (C=O) groups is 3. The fourth-order valence-corrected chi connectivity index (χ4v) is 6.36. The number of likely N-dealkylation sites (tertiary alicyclic amines) is 1. The molecule has 3 rings (SSSR count). The number of β-amino-alcohol motifs (C(OH)–C–C–N with tert-alkyl or cyclic N) is 1. The zero-order chi connectivity index (χ0) is 27.3. The summed E-state index contributed by atoms with van der Waals surface area (Å²) in [6.07, 6.45) is 0.415. The first-order valence-corrected chi connectivity index (χ1v) is 14.6. The Labute approximate surface area is 223 Å². The number of hydrogen-bond donors (Lipinski definition) is 5. The number of aliphatic hydroxyl groups excluding tert-OH is 1. The van der Waals surface area contributed by atoms with E-state index in [2.05, 4.69) is 10.6 Å². The number of carboxylic acid groups (broad SMARTS) is 1. The molecule has 1 heterocycles. The monoisotopic (exact) mass is 571 g/mol. The fourth-order valence-electron chi connectivity index (χ4n) is 3.90. The van der Waals surface area contributed by atoms with Crippen LogP contribution in [0.2, 0.25) is 10.0 Å². The van der Waals surface area contributed by atoms with E-state index in [0.717, 1.165) is 0 Å². The summed E-state index contributed by atoms with van der Waals surface area (Å²) in [5.41, 5.74) is 0.503. The number of aryl methyl sites for hydroxylation is 1. The number of phenolic OH excluding ortho intramolecular Hbond substituents is 1. The van der Waals surface area contributed by atoms with E-state index in [-0.39, 0.29) is 40.6 Å². The van der Waals surface area contributed by atoms with Crippen LogP contribution in [0.15, 0.2) is 36.4 Å². The second-order valence-electron chi connectivity index (χ2n) is 8.97. The van der Waals surface area contributed by atoms with Crippen molar-refractivity contribution in [1.82, 2.24) is 15.5 Å². The van der Waals surface area contributed by atoms with Crippen LogP contribution in [0, 0.1) is 0 Å². The highest BCUT2D eigenvalue weighted by Gasteiger charge is 2.28. The molecule has 0 bridgehead atoms. The van der Waals surface area contributed by atoms with Crippen LogP contribution in [0.25, 0.3) is 0 Å². The third-order valence-electron chi connectivity index (χ3n) is 6.04. The predicted molar refractivity (Wildman–Crippen MR) is 141 cm³/mol. The number of aliphatic carboxylic acids is 1. The summed E-state index contributed by atoms with van der Waals surface area (Å²) in [5.74, 6) is -2.18. The smallest absolute Gasteiger partial charge is 0.328 e. The van der Waals surface area contributed by atoms with Gasteiger partial charge in [0.15, 0.2) is 0 Å². The van der Waals surface area contributed by atoms with Crippen molar-refractivity contribution in [3.63, 3.8) is 0 Å². The minimum Gasteiger partial charge on any atom is -0.508 e. The number of rotatable bonds is 9. The molecule has 10 nitrogen and oxygen atoms in total. The average molecular weight is 572 g/mol. The van der Waals surface area contributed by atoms with Crippen LogP contribution in [-0.4, -0.2) is 82.7 Å².